The van der Waals surface area contributed by atoms with E-state index >= 15 is 0 Å². The van der Waals surface area contributed by atoms with Gasteiger partial charge in [-0.1, -0.05) is 153 Å². The van der Waals surface area contributed by atoms with Crippen molar-refractivity contribution in [2.75, 3.05) is 4.90 Å². The van der Waals surface area contributed by atoms with E-state index in [0.29, 0.717) is 0 Å². The molecule has 0 saturated heterocycles. The Labute approximate surface area is 340 Å². The Morgan fingerprint density at radius 1 is 0.655 bits per heavy atom. The third-order valence-corrected chi connectivity index (χ3v) is 12.5. The molecule has 2 nitrogen and oxygen atoms in total. The number of benzene rings is 7. The van der Waals surface area contributed by atoms with Crippen LogP contribution >= 0.6 is 0 Å². The lowest BCUT2D eigenvalue weighted by molar-refractivity contribution is 0.603. The highest BCUT2D eigenvalue weighted by molar-refractivity contribution is 6.00. The summed E-state index contributed by atoms with van der Waals surface area (Å²) >= 11 is 0. The van der Waals surface area contributed by atoms with Crippen LogP contribution in [-0.2, 0) is 5.41 Å². The minimum atomic E-state index is -0.0496. The molecule has 11 rings (SSSR count). The van der Waals surface area contributed by atoms with Crippen molar-refractivity contribution in [2.24, 2.45) is 0 Å². The molecule has 3 aliphatic rings. The maximum absolute atomic E-state index is 6.66. The van der Waals surface area contributed by atoms with Crippen LogP contribution < -0.4 is 4.90 Å². The molecule has 1 atom stereocenters. The van der Waals surface area contributed by atoms with Crippen LogP contribution in [0.1, 0.15) is 66.2 Å². The van der Waals surface area contributed by atoms with Gasteiger partial charge < -0.3 is 9.32 Å². The Morgan fingerprint density at radius 3 is 2.26 bits per heavy atom. The lowest BCUT2D eigenvalue weighted by atomic mass is 9.81. The van der Waals surface area contributed by atoms with E-state index < -0.39 is 0 Å². The summed E-state index contributed by atoms with van der Waals surface area (Å²) in [7, 11) is 0. The lowest BCUT2D eigenvalue weighted by Crippen LogP contribution is -2.14. The van der Waals surface area contributed by atoms with E-state index in [1.807, 2.05) is 0 Å². The highest BCUT2D eigenvalue weighted by Gasteiger charge is 2.35. The first-order chi connectivity index (χ1) is 28.5. The minimum absolute atomic E-state index is 0.0496. The van der Waals surface area contributed by atoms with E-state index in [4.69, 9.17) is 4.42 Å². The van der Waals surface area contributed by atoms with Gasteiger partial charge in [0.05, 0.1) is 11.3 Å². The molecule has 3 aliphatic carbocycles. The maximum atomic E-state index is 6.66. The first kappa shape index (κ1) is 34.2. The van der Waals surface area contributed by atoms with Gasteiger partial charge in [0.1, 0.15) is 5.76 Å². The number of para-hydroxylation sites is 1. The molecule has 0 spiro atoms. The van der Waals surface area contributed by atoms with Crippen molar-refractivity contribution >= 4 is 50.5 Å². The van der Waals surface area contributed by atoms with Crippen molar-refractivity contribution in [1.29, 1.82) is 0 Å². The molecule has 8 aromatic rings. The summed E-state index contributed by atoms with van der Waals surface area (Å²) in [5.41, 5.74) is 16.7. The fraction of sp³-hybridized carbons (Fsp3) is 0.107. The van der Waals surface area contributed by atoms with Crippen LogP contribution in [0.4, 0.5) is 17.1 Å². The van der Waals surface area contributed by atoms with Gasteiger partial charge in [-0.2, -0.15) is 0 Å². The number of anilines is 3. The second-order valence-corrected chi connectivity index (χ2v) is 16.3. The molecule has 276 valence electrons. The number of nitrogens with zero attached hydrogens (tertiary/aromatic N) is 1. The average molecular weight is 744 g/mol. The summed E-state index contributed by atoms with van der Waals surface area (Å²) in [6, 6.07) is 55.8. The van der Waals surface area contributed by atoms with Crippen molar-refractivity contribution < 1.29 is 4.42 Å². The molecule has 7 aromatic carbocycles. The molecular weight excluding hydrogens is 703 g/mol. The molecule has 0 fully saturated rings. The van der Waals surface area contributed by atoms with Crippen molar-refractivity contribution in [3.8, 4) is 34.1 Å². The van der Waals surface area contributed by atoms with Crippen LogP contribution in [0.2, 0.25) is 0 Å². The van der Waals surface area contributed by atoms with E-state index in [1.54, 1.807) is 0 Å². The van der Waals surface area contributed by atoms with Crippen molar-refractivity contribution in [3.63, 3.8) is 0 Å². The first-order valence-electron chi connectivity index (χ1n) is 20.3. The number of furan rings is 1. The van der Waals surface area contributed by atoms with Gasteiger partial charge in [0.2, 0.25) is 0 Å². The Hall–Kier alpha value is -7.08. The van der Waals surface area contributed by atoms with Gasteiger partial charge in [-0.25, -0.2) is 0 Å². The zero-order valence-electron chi connectivity index (χ0n) is 32.7. The quantitative estimate of drug-likeness (QED) is 0.158. The fourth-order valence-corrected chi connectivity index (χ4v) is 9.40. The number of allylic oxidation sites excluding steroid dienone is 5. The highest BCUT2D eigenvalue weighted by Crippen LogP contribution is 2.50. The molecule has 0 bridgehead atoms. The molecule has 0 N–H and O–H groups in total. The third-order valence-electron chi connectivity index (χ3n) is 12.5. The molecule has 0 aliphatic heterocycles. The largest absolute Gasteiger partial charge is 0.453 e. The summed E-state index contributed by atoms with van der Waals surface area (Å²) in [5, 5.41) is 3.58. The van der Waals surface area contributed by atoms with E-state index in [2.05, 4.69) is 213 Å². The predicted molar refractivity (Wildman–Crippen MR) is 243 cm³/mol. The van der Waals surface area contributed by atoms with E-state index in [0.717, 1.165) is 52.2 Å². The maximum Gasteiger partial charge on any atom is 0.160 e. The SMILES string of the molecule is CC1(C)c2ccccc2-c2ccc(-c3ccc(N(c4ccc(C5C=CC=C(c6ccc7ccccc7c6)C5)cc4)c4cccc5c6c(oc45)C=CCC#C6)cc3)cc21. The monoisotopic (exact) mass is 743 g/mol. The standard InChI is InChI=1S/C56H41NO/c1-56(2)51-19-9-8-16-47(51)48-33-28-44(36-52(48)56)39-26-31-46(32-27-39)57(53-20-11-18-50-49-17-4-3-5-21-54(49)58-55(50)53)45-29-24-38(25-30-45)41-14-10-15-42(34-41)43-23-22-37-12-6-7-13-40(37)35-43/h5-16,18-33,35-36,41H,3,34H2,1-2H3. The van der Waals surface area contributed by atoms with Crippen LogP contribution in [0, 0.1) is 11.8 Å². The van der Waals surface area contributed by atoms with Crippen molar-refractivity contribution in [3.05, 3.63) is 210 Å². The Kier molecular flexibility index (Phi) is 7.98. The second kappa shape index (κ2) is 13.5. The zero-order valence-corrected chi connectivity index (χ0v) is 32.7. The lowest BCUT2D eigenvalue weighted by Gasteiger charge is -2.27. The predicted octanol–water partition coefficient (Wildman–Crippen LogP) is 14.9. The van der Waals surface area contributed by atoms with Gasteiger partial charge in [0.15, 0.2) is 5.58 Å². The van der Waals surface area contributed by atoms with Gasteiger partial charge in [-0.15, -0.1) is 0 Å². The van der Waals surface area contributed by atoms with Crippen LogP contribution in [0.5, 0.6) is 0 Å². The second-order valence-electron chi connectivity index (χ2n) is 16.3. The minimum Gasteiger partial charge on any atom is -0.453 e. The van der Waals surface area contributed by atoms with Gasteiger partial charge in [-0.05, 0) is 122 Å². The fourth-order valence-electron chi connectivity index (χ4n) is 9.40. The van der Waals surface area contributed by atoms with E-state index in [1.165, 1.54) is 60.9 Å². The third kappa shape index (κ3) is 5.66. The number of hydrogen-bond donors (Lipinski definition) is 0. The topological polar surface area (TPSA) is 16.4 Å². The van der Waals surface area contributed by atoms with Crippen molar-refractivity contribution in [1.82, 2.24) is 0 Å². The summed E-state index contributed by atoms with van der Waals surface area (Å²) in [6.07, 6.45) is 12.6. The molecule has 1 unspecified atom stereocenters. The normalized spacial score (nSPS) is 15.9. The van der Waals surface area contributed by atoms with Gasteiger partial charge in [0.25, 0.3) is 0 Å². The summed E-state index contributed by atoms with van der Waals surface area (Å²) in [6.45, 7) is 4.68. The van der Waals surface area contributed by atoms with Crippen LogP contribution in [0.3, 0.4) is 0 Å². The molecule has 2 heteroatoms. The number of hydrogen-bond acceptors (Lipinski definition) is 2. The Balaban J connectivity index is 0.955. The molecule has 1 heterocycles. The average Bonchev–Trinajstić information content (AvgIpc) is 3.62. The molecule has 1 aromatic heterocycles. The smallest absolute Gasteiger partial charge is 0.160 e. The molecular formula is C56H41NO. The molecule has 58 heavy (non-hydrogen) atoms. The summed E-state index contributed by atoms with van der Waals surface area (Å²) in [4.78, 5) is 2.33. The van der Waals surface area contributed by atoms with Crippen LogP contribution in [0.15, 0.2) is 180 Å². The zero-order chi connectivity index (χ0) is 38.8. The van der Waals surface area contributed by atoms with E-state index in [9.17, 15) is 0 Å². The summed E-state index contributed by atoms with van der Waals surface area (Å²) in [5.74, 6) is 7.76. The first-order valence-corrected chi connectivity index (χ1v) is 20.3. The molecule has 0 radical (unpaired) electrons. The highest BCUT2D eigenvalue weighted by atomic mass is 16.3. The number of fused-ring (bicyclic) bond motifs is 7. The van der Waals surface area contributed by atoms with Crippen LogP contribution in [0.25, 0.3) is 55.6 Å². The summed E-state index contributed by atoms with van der Waals surface area (Å²) < 4.78 is 6.66. The van der Waals surface area contributed by atoms with Gasteiger partial charge in [0, 0.05) is 34.5 Å². The van der Waals surface area contributed by atoms with E-state index in [-0.39, 0.29) is 11.3 Å². The van der Waals surface area contributed by atoms with Gasteiger partial charge in [-0.3, -0.25) is 0 Å². The number of rotatable bonds is 6. The molecule has 0 saturated carbocycles. The Bertz CT molecular complexity index is 3080. The Morgan fingerprint density at radius 2 is 1.40 bits per heavy atom. The van der Waals surface area contributed by atoms with Gasteiger partial charge >= 0.3 is 0 Å². The van der Waals surface area contributed by atoms with Crippen LogP contribution in [-0.4, -0.2) is 0 Å². The van der Waals surface area contributed by atoms with Crippen molar-refractivity contribution in [2.45, 2.75) is 38.0 Å². The molecule has 0 amide bonds.